The molecule has 0 saturated carbocycles. The van der Waals surface area contributed by atoms with Gasteiger partial charge in [-0.25, -0.2) is 4.98 Å². The fraction of sp³-hybridized carbons (Fsp3) is 0.250. The van der Waals surface area contributed by atoms with Gasteiger partial charge in [-0.05, 0) is 24.1 Å². The monoisotopic (exact) mass is 449 g/mol. The van der Waals surface area contributed by atoms with Crippen LogP contribution in [0.15, 0.2) is 60.0 Å². The van der Waals surface area contributed by atoms with Gasteiger partial charge in [0.2, 0.25) is 5.91 Å². The number of nitrogens with one attached hydrogen (secondary N) is 1. The first-order valence-corrected chi connectivity index (χ1v) is 11.2. The Kier molecular flexibility index (Phi) is 6.32. The zero-order valence-corrected chi connectivity index (χ0v) is 18.6. The predicted octanol–water partition coefficient (Wildman–Crippen LogP) is 3.80. The van der Waals surface area contributed by atoms with E-state index in [1.165, 1.54) is 11.3 Å². The molecule has 0 fully saturated rings. The summed E-state index contributed by atoms with van der Waals surface area (Å²) in [6, 6.07) is 16.3. The van der Waals surface area contributed by atoms with Crippen molar-refractivity contribution in [3.63, 3.8) is 0 Å². The molecule has 0 spiro atoms. The van der Waals surface area contributed by atoms with Crippen molar-refractivity contribution in [2.24, 2.45) is 0 Å². The van der Waals surface area contributed by atoms with Crippen LogP contribution in [0.5, 0.6) is 0 Å². The molecule has 32 heavy (non-hydrogen) atoms. The molecule has 0 radical (unpaired) electrons. The van der Waals surface area contributed by atoms with Gasteiger partial charge in [0.05, 0.1) is 30.7 Å². The summed E-state index contributed by atoms with van der Waals surface area (Å²) in [6.45, 7) is 2.05. The lowest BCUT2D eigenvalue weighted by molar-refractivity contribution is -0.142. The molecule has 2 aromatic carbocycles. The Balaban J connectivity index is 1.65. The smallest absolute Gasteiger partial charge is 0.311 e. The van der Waals surface area contributed by atoms with Crippen molar-refractivity contribution >= 4 is 34.3 Å². The number of hydrogen-bond acceptors (Lipinski definition) is 6. The third-order valence-corrected chi connectivity index (χ3v) is 6.22. The molecule has 0 aliphatic carbocycles. The fourth-order valence-corrected chi connectivity index (χ4v) is 4.73. The molecule has 7 nitrogen and oxygen atoms in total. The third-order valence-electron chi connectivity index (χ3n) is 5.42. The van der Waals surface area contributed by atoms with E-state index in [2.05, 4.69) is 10.3 Å². The van der Waals surface area contributed by atoms with Crippen molar-refractivity contribution < 1.29 is 19.1 Å². The van der Waals surface area contributed by atoms with Crippen LogP contribution in [-0.2, 0) is 20.7 Å². The molecular formula is C24H23N3O4S. The number of anilines is 1. The average Bonchev–Trinajstić information content (AvgIpc) is 3.23. The number of benzene rings is 2. The van der Waals surface area contributed by atoms with Crippen LogP contribution in [0.2, 0.25) is 0 Å². The van der Waals surface area contributed by atoms with E-state index in [-0.39, 0.29) is 24.2 Å². The van der Waals surface area contributed by atoms with Gasteiger partial charge in [0, 0.05) is 18.0 Å². The van der Waals surface area contributed by atoms with Gasteiger partial charge in [-0.3, -0.25) is 14.4 Å². The van der Waals surface area contributed by atoms with Crippen molar-refractivity contribution in [3.8, 4) is 0 Å². The van der Waals surface area contributed by atoms with Gasteiger partial charge in [-0.2, -0.15) is 0 Å². The van der Waals surface area contributed by atoms with Crippen LogP contribution in [0.3, 0.4) is 0 Å². The summed E-state index contributed by atoms with van der Waals surface area (Å²) in [5, 5.41) is 5.02. The lowest BCUT2D eigenvalue weighted by atomic mass is 9.79. The Morgan fingerprint density at radius 3 is 2.59 bits per heavy atom. The lowest BCUT2D eigenvalue weighted by Crippen LogP contribution is -2.44. The molecule has 1 aliphatic rings. The highest BCUT2D eigenvalue weighted by molar-refractivity contribution is 7.13. The second-order valence-corrected chi connectivity index (χ2v) is 8.31. The number of amides is 2. The predicted molar refractivity (Wildman–Crippen MR) is 122 cm³/mol. The van der Waals surface area contributed by atoms with Gasteiger partial charge in [0.1, 0.15) is 0 Å². The number of fused-ring (bicyclic) bond motifs is 1. The Hall–Kier alpha value is -3.52. The number of hydrogen-bond donors (Lipinski definition) is 1. The first-order valence-electron chi connectivity index (χ1n) is 10.3. The highest BCUT2D eigenvalue weighted by Crippen LogP contribution is 2.42. The molecule has 8 heteroatoms. The number of nitrogens with zero attached hydrogens (tertiary/aromatic N) is 2. The first kappa shape index (κ1) is 21.7. The number of aromatic nitrogens is 1. The molecule has 3 aromatic rings. The number of likely N-dealkylation sites (N-methyl/N-ethyl adjacent to an activating group) is 1. The second kappa shape index (κ2) is 9.32. The number of rotatable bonds is 6. The molecule has 164 valence electrons. The van der Waals surface area contributed by atoms with E-state index in [0.717, 1.165) is 5.56 Å². The minimum absolute atomic E-state index is 0.0519. The van der Waals surface area contributed by atoms with Crippen LogP contribution < -0.4 is 5.32 Å². The van der Waals surface area contributed by atoms with E-state index >= 15 is 0 Å². The van der Waals surface area contributed by atoms with Gasteiger partial charge in [0.15, 0.2) is 5.13 Å². The zero-order chi connectivity index (χ0) is 22.7. The van der Waals surface area contributed by atoms with E-state index in [9.17, 15) is 14.4 Å². The Morgan fingerprint density at radius 2 is 1.84 bits per heavy atom. The molecule has 2 heterocycles. The average molecular weight is 450 g/mol. The van der Waals surface area contributed by atoms with Gasteiger partial charge in [0.25, 0.3) is 5.91 Å². The fourth-order valence-electron chi connectivity index (χ4n) is 4.01. The van der Waals surface area contributed by atoms with Crippen molar-refractivity contribution in [2.45, 2.75) is 25.3 Å². The SMILES string of the molecule is CCOC(=O)Cc1csc(NC(=O)[C@H]2c3ccccc3C(=O)N(C)[C@H]2c2ccccc2)n1. The molecule has 0 bridgehead atoms. The summed E-state index contributed by atoms with van der Waals surface area (Å²) < 4.78 is 4.96. The highest BCUT2D eigenvalue weighted by Gasteiger charge is 2.42. The number of ether oxygens (including phenoxy) is 1. The molecule has 1 N–H and O–H groups in total. The summed E-state index contributed by atoms with van der Waals surface area (Å²) in [5.41, 5.74) is 2.62. The zero-order valence-electron chi connectivity index (χ0n) is 17.8. The van der Waals surface area contributed by atoms with Gasteiger partial charge >= 0.3 is 5.97 Å². The molecule has 0 saturated heterocycles. The number of thiazole rings is 1. The number of carbonyl (C=O) groups excluding carboxylic acids is 3. The minimum atomic E-state index is -0.617. The maximum absolute atomic E-state index is 13.5. The topological polar surface area (TPSA) is 88.6 Å². The molecule has 2 amide bonds. The quantitative estimate of drug-likeness (QED) is 0.579. The van der Waals surface area contributed by atoms with Gasteiger partial charge < -0.3 is 15.0 Å². The van der Waals surface area contributed by atoms with Crippen LogP contribution in [0.1, 0.15) is 46.1 Å². The Labute approximate surface area is 190 Å². The molecule has 4 rings (SSSR count). The molecule has 0 unspecified atom stereocenters. The summed E-state index contributed by atoms with van der Waals surface area (Å²) in [5.74, 6) is -1.36. The highest BCUT2D eigenvalue weighted by atomic mass is 32.1. The lowest BCUT2D eigenvalue weighted by Gasteiger charge is -2.39. The van der Waals surface area contributed by atoms with Crippen molar-refractivity contribution in [3.05, 3.63) is 82.4 Å². The van der Waals surface area contributed by atoms with Crippen LogP contribution >= 0.6 is 11.3 Å². The van der Waals surface area contributed by atoms with Gasteiger partial charge in [-0.15, -0.1) is 11.3 Å². The number of esters is 1. The second-order valence-electron chi connectivity index (χ2n) is 7.45. The van der Waals surface area contributed by atoms with E-state index in [1.54, 1.807) is 36.4 Å². The van der Waals surface area contributed by atoms with E-state index in [0.29, 0.717) is 28.6 Å². The maximum atomic E-state index is 13.5. The summed E-state index contributed by atoms with van der Waals surface area (Å²) in [7, 11) is 1.72. The number of carbonyl (C=O) groups is 3. The van der Waals surface area contributed by atoms with Crippen LogP contribution in [0.25, 0.3) is 0 Å². The Bertz CT molecular complexity index is 1140. The molecule has 1 aliphatic heterocycles. The molecule has 2 atom stereocenters. The van der Waals surface area contributed by atoms with E-state index < -0.39 is 12.0 Å². The van der Waals surface area contributed by atoms with Gasteiger partial charge in [-0.1, -0.05) is 48.5 Å². The van der Waals surface area contributed by atoms with E-state index in [1.807, 2.05) is 42.5 Å². The van der Waals surface area contributed by atoms with Crippen LogP contribution in [0.4, 0.5) is 5.13 Å². The van der Waals surface area contributed by atoms with Crippen molar-refractivity contribution in [1.82, 2.24) is 9.88 Å². The Morgan fingerprint density at radius 1 is 1.12 bits per heavy atom. The largest absolute Gasteiger partial charge is 0.466 e. The normalized spacial score (nSPS) is 17.6. The van der Waals surface area contributed by atoms with Crippen molar-refractivity contribution in [1.29, 1.82) is 0 Å². The minimum Gasteiger partial charge on any atom is -0.466 e. The molecular weight excluding hydrogens is 426 g/mol. The summed E-state index contributed by atoms with van der Waals surface area (Å²) in [6.07, 6.45) is 0.0519. The summed E-state index contributed by atoms with van der Waals surface area (Å²) in [4.78, 5) is 44.2. The maximum Gasteiger partial charge on any atom is 0.311 e. The third kappa shape index (κ3) is 4.27. The first-order chi connectivity index (χ1) is 15.5. The van der Waals surface area contributed by atoms with Crippen LogP contribution in [-0.4, -0.2) is 41.3 Å². The standard InChI is InChI=1S/C24H23N3O4S/c1-3-31-19(28)13-16-14-32-24(25-16)26-22(29)20-17-11-7-8-12-18(17)23(30)27(2)21(20)15-9-5-4-6-10-15/h4-12,14,20-21H,3,13H2,1-2H3,(H,25,26,29)/t20-,21-/m0/s1. The summed E-state index contributed by atoms with van der Waals surface area (Å²) >= 11 is 1.25. The van der Waals surface area contributed by atoms with Crippen LogP contribution in [0, 0.1) is 0 Å². The van der Waals surface area contributed by atoms with E-state index in [4.69, 9.17) is 4.74 Å². The van der Waals surface area contributed by atoms with Crippen molar-refractivity contribution in [2.75, 3.05) is 19.0 Å². The molecule has 1 aromatic heterocycles.